The summed E-state index contributed by atoms with van der Waals surface area (Å²) in [6.45, 7) is 1.78. The van der Waals surface area contributed by atoms with Crippen molar-refractivity contribution in [2.75, 3.05) is 19.8 Å². The predicted octanol–water partition coefficient (Wildman–Crippen LogP) is 1.42. The molecule has 5 nitrogen and oxygen atoms in total. The van der Waals surface area contributed by atoms with Crippen LogP contribution in [0.3, 0.4) is 0 Å². The van der Waals surface area contributed by atoms with Crippen LogP contribution in [-0.4, -0.2) is 31.2 Å². The van der Waals surface area contributed by atoms with Gasteiger partial charge in [0.2, 0.25) is 5.91 Å². The number of benzene rings is 1. The standard InChI is InChI=1S/C15H20N2O3.ClH/c16-15(5-1-6-15)14(18)17-7-4-11-2-3-12-13(10-11)20-9-8-19-12;/h2-3,10H,1,4-9,16H2,(H,17,18);1H. The lowest BCUT2D eigenvalue weighted by molar-refractivity contribution is -0.129. The van der Waals surface area contributed by atoms with Crippen molar-refractivity contribution < 1.29 is 14.3 Å². The molecule has 0 unspecified atom stereocenters. The third kappa shape index (κ3) is 3.41. The average molecular weight is 313 g/mol. The average Bonchev–Trinajstić information content (AvgIpc) is 2.44. The van der Waals surface area contributed by atoms with Crippen LogP contribution in [0.5, 0.6) is 11.5 Å². The number of ether oxygens (including phenoxy) is 2. The Labute approximate surface area is 130 Å². The van der Waals surface area contributed by atoms with Crippen LogP contribution >= 0.6 is 12.4 Å². The number of nitrogens with two attached hydrogens (primary N) is 1. The molecular weight excluding hydrogens is 292 g/mol. The van der Waals surface area contributed by atoms with E-state index in [2.05, 4.69) is 5.32 Å². The Morgan fingerprint density at radius 2 is 1.95 bits per heavy atom. The van der Waals surface area contributed by atoms with Gasteiger partial charge in [0.05, 0.1) is 5.54 Å². The maximum atomic E-state index is 11.9. The fourth-order valence-electron chi connectivity index (χ4n) is 2.52. The Bertz CT molecular complexity index is 518. The van der Waals surface area contributed by atoms with Gasteiger partial charge in [-0.3, -0.25) is 4.79 Å². The maximum Gasteiger partial charge on any atom is 0.240 e. The first-order valence-electron chi connectivity index (χ1n) is 7.13. The first-order valence-corrected chi connectivity index (χ1v) is 7.13. The minimum absolute atomic E-state index is 0. The molecular formula is C15H21ClN2O3. The molecule has 1 aliphatic heterocycles. The summed E-state index contributed by atoms with van der Waals surface area (Å²) < 4.78 is 11.0. The Kier molecular flexibility index (Phi) is 4.96. The second-order valence-corrected chi connectivity index (χ2v) is 5.49. The number of hydrogen-bond donors (Lipinski definition) is 2. The van der Waals surface area contributed by atoms with E-state index in [-0.39, 0.29) is 18.3 Å². The van der Waals surface area contributed by atoms with Crippen LogP contribution in [0.15, 0.2) is 18.2 Å². The minimum atomic E-state index is -0.618. The van der Waals surface area contributed by atoms with Gasteiger partial charge in [0.25, 0.3) is 0 Å². The summed E-state index contributed by atoms with van der Waals surface area (Å²) in [6, 6.07) is 5.89. The van der Waals surface area contributed by atoms with Crippen LogP contribution in [-0.2, 0) is 11.2 Å². The quantitative estimate of drug-likeness (QED) is 0.882. The molecule has 2 aliphatic rings. The van der Waals surface area contributed by atoms with E-state index in [0.717, 1.165) is 42.7 Å². The third-order valence-corrected chi connectivity index (χ3v) is 4.00. The van der Waals surface area contributed by atoms with Crippen molar-refractivity contribution in [1.82, 2.24) is 5.32 Å². The van der Waals surface area contributed by atoms with Crippen LogP contribution < -0.4 is 20.5 Å². The molecule has 1 heterocycles. The largest absolute Gasteiger partial charge is 0.486 e. The lowest BCUT2D eigenvalue weighted by Crippen LogP contribution is -2.58. The van der Waals surface area contributed by atoms with E-state index in [9.17, 15) is 4.79 Å². The van der Waals surface area contributed by atoms with Gasteiger partial charge in [-0.05, 0) is 43.4 Å². The zero-order chi connectivity index (χ0) is 14.0. The molecule has 0 bridgehead atoms. The third-order valence-electron chi connectivity index (χ3n) is 4.00. The first kappa shape index (κ1) is 15.9. The van der Waals surface area contributed by atoms with Crippen molar-refractivity contribution in [3.05, 3.63) is 23.8 Å². The molecule has 1 amide bonds. The Morgan fingerprint density at radius 1 is 1.24 bits per heavy atom. The van der Waals surface area contributed by atoms with E-state index in [1.807, 2.05) is 18.2 Å². The molecule has 1 saturated carbocycles. The summed E-state index contributed by atoms with van der Waals surface area (Å²) in [4.78, 5) is 11.9. The summed E-state index contributed by atoms with van der Waals surface area (Å²) in [5, 5.41) is 2.92. The van der Waals surface area contributed by atoms with E-state index in [4.69, 9.17) is 15.2 Å². The molecule has 1 fully saturated rings. The topological polar surface area (TPSA) is 73.6 Å². The number of hydrogen-bond acceptors (Lipinski definition) is 4. The molecule has 21 heavy (non-hydrogen) atoms. The number of carbonyl (C=O) groups excluding carboxylic acids is 1. The molecule has 6 heteroatoms. The zero-order valence-electron chi connectivity index (χ0n) is 11.9. The molecule has 1 aromatic carbocycles. The zero-order valence-corrected chi connectivity index (χ0v) is 12.7. The summed E-state index contributed by atoms with van der Waals surface area (Å²) >= 11 is 0. The van der Waals surface area contributed by atoms with Crippen LogP contribution in [0.25, 0.3) is 0 Å². The highest BCUT2D eigenvalue weighted by Crippen LogP contribution is 2.31. The van der Waals surface area contributed by atoms with Crippen LogP contribution in [0.4, 0.5) is 0 Å². The van der Waals surface area contributed by atoms with Gasteiger partial charge in [0.1, 0.15) is 13.2 Å². The normalized spacial score (nSPS) is 18.1. The van der Waals surface area contributed by atoms with Gasteiger partial charge in [-0.15, -0.1) is 12.4 Å². The predicted molar refractivity (Wildman–Crippen MR) is 82.2 cm³/mol. The molecule has 3 N–H and O–H groups in total. The van der Waals surface area contributed by atoms with E-state index < -0.39 is 5.54 Å². The number of amides is 1. The number of carbonyl (C=O) groups is 1. The maximum absolute atomic E-state index is 11.9. The van der Waals surface area contributed by atoms with Gasteiger partial charge in [-0.2, -0.15) is 0 Å². The number of fused-ring (bicyclic) bond motifs is 1. The fourth-order valence-corrected chi connectivity index (χ4v) is 2.52. The Morgan fingerprint density at radius 3 is 2.62 bits per heavy atom. The van der Waals surface area contributed by atoms with Gasteiger partial charge in [0.15, 0.2) is 11.5 Å². The molecule has 0 saturated heterocycles. The molecule has 0 aromatic heterocycles. The first-order chi connectivity index (χ1) is 9.67. The van der Waals surface area contributed by atoms with E-state index in [1.54, 1.807) is 0 Å². The second-order valence-electron chi connectivity index (χ2n) is 5.49. The summed E-state index contributed by atoms with van der Waals surface area (Å²) in [6.07, 6.45) is 3.40. The van der Waals surface area contributed by atoms with Crippen LogP contribution in [0, 0.1) is 0 Å². The summed E-state index contributed by atoms with van der Waals surface area (Å²) in [5.74, 6) is 1.55. The van der Waals surface area contributed by atoms with Crippen molar-refractivity contribution in [1.29, 1.82) is 0 Å². The Balaban J connectivity index is 0.00000161. The van der Waals surface area contributed by atoms with E-state index >= 15 is 0 Å². The van der Waals surface area contributed by atoms with Crippen LogP contribution in [0.2, 0.25) is 0 Å². The van der Waals surface area contributed by atoms with Crippen molar-refractivity contribution in [3.8, 4) is 11.5 Å². The van der Waals surface area contributed by atoms with Crippen molar-refractivity contribution in [2.45, 2.75) is 31.2 Å². The van der Waals surface area contributed by atoms with Crippen molar-refractivity contribution >= 4 is 18.3 Å². The highest BCUT2D eigenvalue weighted by molar-refractivity contribution is 5.87. The highest BCUT2D eigenvalue weighted by Gasteiger charge is 2.39. The van der Waals surface area contributed by atoms with Crippen molar-refractivity contribution in [3.63, 3.8) is 0 Å². The SMILES string of the molecule is Cl.NC1(C(=O)NCCc2ccc3c(c2)OCCO3)CCC1. The molecule has 0 radical (unpaired) electrons. The monoisotopic (exact) mass is 312 g/mol. The number of nitrogens with one attached hydrogen (secondary N) is 1. The van der Waals surface area contributed by atoms with Gasteiger partial charge in [-0.1, -0.05) is 6.07 Å². The molecule has 0 spiro atoms. The number of halogens is 1. The van der Waals surface area contributed by atoms with E-state index in [0.29, 0.717) is 19.8 Å². The molecule has 1 aromatic rings. The van der Waals surface area contributed by atoms with Gasteiger partial charge in [-0.25, -0.2) is 0 Å². The molecule has 1 aliphatic carbocycles. The van der Waals surface area contributed by atoms with Gasteiger partial charge >= 0.3 is 0 Å². The van der Waals surface area contributed by atoms with Crippen LogP contribution in [0.1, 0.15) is 24.8 Å². The van der Waals surface area contributed by atoms with Crippen molar-refractivity contribution in [2.24, 2.45) is 5.73 Å². The lowest BCUT2D eigenvalue weighted by Gasteiger charge is -2.36. The minimum Gasteiger partial charge on any atom is -0.486 e. The second kappa shape index (κ2) is 6.54. The van der Waals surface area contributed by atoms with E-state index in [1.165, 1.54) is 0 Å². The number of rotatable bonds is 4. The van der Waals surface area contributed by atoms with Gasteiger partial charge in [0, 0.05) is 6.54 Å². The Hall–Kier alpha value is -1.46. The molecule has 3 rings (SSSR count). The summed E-state index contributed by atoms with van der Waals surface area (Å²) in [7, 11) is 0. The summed E-state index contributed by atoms with van der Waals surface area (Å²) in [5.41, 5.74) is 6.47. The molecule has 116 valence electrons. The molecule has 0 atom stereocenters. The smallest absolute Gasteiger partial charge is 0.240 e. The van der Waals surface area contributed by atoms with Gasteiger partial charge < -0.3 is 20.5 Å². The lowest BCUT2D eigenvalue weighted by atomic mass is 9.77. The fraction of sp³-hybridized carbons (Fsp3) is 0.533. The highest BCUT2D eigenvalue weighted by atomic mass is 35.5.